The normalized spacial score (nSPS) is 21.9. The van der Waals surface area contributed by atoms with Gasteiger partial charge in [0.25, 0.3) is 0 Å². The van der Waals surface area contributed by atoms with Crippen molar-refractivity contribution in [2.24, 2.45) is 5.92 Å². The van der Waals surface area contributed by atoms with Gasteiger partial charge < -0.3 is 4.74 Å². The third-order valence-electron chi connectivity index (χ3n) is 4.10. The van der Waals surface area contributed by atoms with Gasteiger partial charge in [-0.3, -0.25) is 4.90 Å². The molecule has 1 heterocycles. The smallest absolute Gasteiger partial charge is 0.415 e. The van der Waals surface area contributed by atoms with Crippen LogP contribution in [0, 0.1) is 5.92 Å². The fourth-order valence-electron chi connectivity index (χ4n) is 3.06. The third kappa shape index (κ3) is 3.25. The maximum absolute atomic E-state index is 12.7. The Labute approximate surface area is 134 Å². The fraction of sp³-hybridized carbons (Fsp3) is 0.588. The SMILES string of the molecule is CC(C)(C)OC(=O)N1c2cc(Br)ccc2CCC1C1CC1. The number of fused-ring (bicyclic) bond motifs is 1. The van der Waals surface area contributed by atoms with Crippen molar-refractivity contribution < 1.29 is 9.53 Å². The van der Waals surface area contributed by atoms with Gasteiger partial charge in [-0.2, -0.15) is 0 Å². The lowest BCUT2D eigenvalue weighted by Crippen LogP contribution is -2.47. The molecule has 0 saturated heterocycles. The number of hydrogen-bond donors (Lipinski definition) is 0. The van der Waals surface area contributed by atoms with Gasteiger partial charge >= 0.3 is 6.09 Å². The molecule has 1 aromatic carbocycles. The van der Waals surface area contributed by atoms with E-state index < -0.39 is 5.60 Å². The monoisotopic (exact) mass is 351 g/mol. The van der Waals surface area contributed by atoms with Crippen molar-refractivity contribution in [3.63, 3.8) is 0 Å². The van der Waals surface area contributed by atoms with Crippen molar-refractivity contribution in [2.45, 2.75) is 58.1 Å². The zero-order valence-electron chi connectivity index (χ0n) is 12.9. The molecule has 114 valence electrons. The number of carbonyl (C=O) groups excluding carboxylic acids is 1. The molecule has 0 bridgehead atoms. The molecule has 1 unspecified atom stereocenters. The molecule has 3 nitrogen and oxygen atoms in total. The highest BCUT2D eigenvalue weighted by Crippen LogP contribution is 2.44. The van der Waals surface area contributed by atoms with Gasteiger partial charge in [0.05, 0.1) is 5.69 Å². The molecule has 2 aliphatic rings. The molecule has 3 rings (SSSR count). The first kappa shape index (κ1) is 14.9. The standard InChI is InChI=1S/C17H22BrNO2/c1-17(2,3)21-16(20)19-14(11-4-5-11)9-7-12-6-8-13(18)10-15(12)19/h6,8,10-11,14H,4-5,7,9H2,1-3H3. The fourth-order valence-corrected chi connectivity index (χ4v) is 3.41. The molecular formula is C17H22BrNO2. The highest BCUT2D eigenvalue weighted by molar-refractivity contribution is 9.10. The zero-order valence-corrected chi connectivity index (χ0v) is 14.4. The zero-order chi connectivity index (χ0) is 15.2. The molecule has 1 saturated carbocycles. The summed E-state index contributed by atoms with van der Waals surface area (Å²) in [6.45, 7) is 5.76. The Kier molecular flexibility index (Phi) is 3.76. The van der Waals surface area contributed by atoms with Gasteiger partial charge in [0.15, 0.2) is 0 Å². The van der Waals surface area contributed by atoms with Crippen molar-refractivity contribution in [2.75, 3.05) is 4.90 Å². The van der Waals surface area contributed by atoms with Crippen LogP contribution in [0.3, 0.4) is 0 Å². The van der Waals surface area contributed by atoms with E-state index in [9.17, 15) is 4.79 Å². The van der Waals surface area contributed by atoms with Crippen LogP contribution in [-0.4, -0.2) is 17.7 Å². The van der Waals surface area contributed by atoms with Gasteiger partial charge in [0, 0.05) is 10.5 Å². The van der Waals surface area contributed by atoms with E-state index in [1.165, 1.54) is 18.4 Å². The molecule has 4 heteroatoms. The number of nitrogens with zero attached hydrogens (tertiary/aromatic N) is 1. The van der Waals surface area contributed by atoms with E-state index in [0.717, 1.165) is 23.0 Å². The lowest BCUT2D eigenvalue weighted by Gasteiger charge is -2.38. The Morgan fingerprint density at radius 1 is 1.29 bits per heavy atom. The predicted octanol–water partition coefficient (Wildman–Crippen LogP) is 4.92. The van der Waals surface area contributed by atoms with Crippen LogP contribution in [-0.2, 0) is 11.2 Å². The van der Waals surface area contributed by atoms with E-state index in [4.69, 9.17) is 4.74 Å². The Balaban J connectivity index is 1.96. The molecule has 1 aromatic rings. The molecule has 1 atom stereocenters. The first-order valence-electron chi connectivity index (χ1n) is 7.66. The van der Waals surface area contributed by atoms with Crippen molar-refractivity contribution >= 4 is 27.7 Å². The van der Waals surface area contributed by atoms with E-state index in [1.54, 1.807) is 0 Å². The third-order valence-corrected chi connectivity index (χ3v) is 4.60. The Morgan fingerprint density at radius 2 is 2.00 bits per heavy atom. The van der Waals surface area contributed by atoms with Crippen LogP contribution in [0.25, 0.3) is 0 Å². The van der Waals surface area contributed by atoms with Crippen molar-refractivity contribution in [3.05, 3.63) is 28.2 Å². The van der Waals surface area contributed by atoms with E-state index in [2.05, 4.69) is 22.0 Å². The maximum atomic E-state index is 12.7. The number of carbonyl (C=O) groups is 1. The van der Waals surface area contributed by atoms with Crippen molar-refractivity contribution in [3.8, 4) is 0 Å². The summed E-state index contributed by atoms with van der Waals surface area (Å²) in [6.07, 6.45) is 4.33. The van der Waals surface area contributed by atoms with Crippen LogP contribution in [0.15, 0.2) is 22.7 Å². The van der Waals surface area contributed by atoms with E-state index >= 15 is 0 Å². The molecule has 1 amide bonds. The van der Waals surface area contributed by atoms with E-state index in [1.807, 2.05) is 37.8 Å². The summed E-state index contributed by atoms with van der Waals surface area (Å²) in [6, 6.07) is 6.50. The number of amides is 1. The number of benzene rings is 1. The van der Waals surface area contributed by atoms with Crippen LogP contribution < -0.4 is 4.90 Å². The average Bonchev–Trinajstić information content (AvgIpc) is 3.19. The predicted molar refractivity (Wildman–Crippen MR) is 87.7 cm³/mol. The highest BCUT2D eigenvalue weighted by atomic mass is 79.9. The second-order valence-corrected chi connectivity index (χ2v) is 7.98. The Bertz CT molecular complexity index is 560. The quantitative estimate of drug-likeness (QED) is 0.718. The van der Waals surface area contributed by atoms with E-state index in [-0.39, 0.29) is 6.09 Å². The molecule has 1 aliphatic carbocycles. The highest BCUT2D eigenvalue weighted by Gasteiger charge is 2.42. The lowest BCUT2D eigenvalue weighted by atomic mass is 9.93. The number of halogens is 1. The summed E-state index contributed by atoms with van der Waals surface area (Å²) < 4.78 is 6.66. The van der Waals surface area contributed by atoms with Gasteiger partial charge in [-0.05, 0) is 70.1 Å². The van der Waals surface area contributed by atoms with Gasteiger partial charge in [-0.25, -0.2) is 4.79 Å². The van der Waals surface area contributed by atoms with Gasteiger partial charge in [0.1, 0.15) is 5.60 Å². The number of hydrogen-bond acceptors (Lipinski definition) is 2. The molecule has 1 fully saturated rings. The number of aryl methyl sites for hydroxylation is 1. The van der Waals surface area contributed by atoms with E-state index in [0.29, 0.717) is 12.0 Å². The molecule has 21 heavy (non-hydrogen) atoms. The second-order valence-electron chi connectivity index (χ2n) is 7.07. The number of rotatable bonds is 1. The summed E-state index contributed by atoms with van der Waals surface area (Å²) in [5.41, 5.74) is 1.79. The molecule has 0 radical (unpaired) electrons. The van der Waals surface area contributed by atoms with Crippen LogP contribution in [0.5, 0.6) is 0 Å². The number of anilines is 1. The number of ether oxygens (including phenoxy) is 1. The van der Waals surface area contributed by atoms with Gasteiger partial charge in [0.2, 0.25) is 0 Å². The van der Waals surface area contributed by atoms with Gasteiger partial charge in [-0.15, -0.1) is 0 Å². The summed E-state index contributed by atoms with van der Waals surface area (Å²) in [4.78, 5) is 14.6. The lowest BCUT2D eigenvalue weighted by molar-refractivity contribution is 0.0556. The summed E-state index contributed by atoms with van der Waals surface area (Å²) in [7, 11) is 0. The molecule has 0 spiro atoms. The van der Waals surface area contributed by atoms with Crippen LogP contribution in [0.4, 0.5) is 10.5 Å². The summed E-state index contributed by atoms with van der Waals surface area (Å²) in [5, 5.41) is 0. The average molecular weight is 352 g/mol. The van der Waals surface area contributed by atoms with Crippen LogP contribution >= 0.6 is 15.9 Å². The summed E-state index contributed by atoms with van der Waals surface area (Å²) >= 11 is 3.52. The maximum Gasteiger partial charge on any atom is 0.415 e. The Morgan fingerprint density at radius 3 is 2.62 bits per heavy atom. The molecule has 0 aromatic heterocycles. The van der Waals surface area contributed by atoms with Gasteiger partial charge in [-0.1, -0.05) is 22.0 Å². The van der Waals surface area contributed by atoms with Crippen LogP contribution in [0.2, 0.25) is 0 Å². The topological polar surface area (TPSA) is 29.5 Å². The van der Waals surface area contributed by atoms with Crippen molar-refractivity contribution in [1.29, 1.82) is 0 Å². The Hall–Kier alpha value is -1.03. The minimum absolute atomic E-state index is 0.210. The van der Waals surface area contributed by atoms with Crippen molar-refractivity contribution in [1.82, 2.24) is 0 Å². The summed E-state index contributed by atoms with van der Waals surface area (Å²) in [5.74, 6) is 0.643. The largest absolute Gasteiger partial charge is 0.443 e. The second kappa shape index (κ2) is 5.31. The molecule has 0 N–H and O–H groups in total. The molecule has 1 aliphatic heterocycles. The first-order chi connectivity index (χ1) is 9.85. The minimum atomic E-state index is -0.463. The molecular weight excluding hydrogens is 330 g/mol. The minimum Gasteiger partial charge on any atom is -0.443 e. The first-order valence-corrected chi connectivity index (χ1v) is 8.45. The van der Waals surface area contributed by atoms with Crippen LogP contribution in [0.1, 0.15) is 45.6 Å².